The van der Waals surface area contributed by atoms with Crippen LogP contribution in [0.25, 0.3) is 0 Å². The molecule has 3 fully saturated rings. The second-order valence-corrected chi connectivity index (χ2v) is 9.75. The molecule has 0 bridgehead atoms. The molecule has 3 saturated heterocycles. The summed E-state index contributed by atoms with van der Waals surface area (Å²) in [6.07, 6.45) is 5.64. The summed E-state index contributed by atoms with van der Waals surface area (Å²) in [5.74, 6) is 1.88. The topological polar surface area (TPSA) is 13.0 Å². The van der Waals surface area contributed by atoms with E-state index in [1.54, 1.807) is 0 Å². The summed E-state index contributed by atoms with van der Waals surface area (Å²) in [4.78, 5) is 10.8. The van der Waals surface area contributed by atoms with Gasteiger partial charge in [0.1, 0.15) is 0 Å². The van der Waals surface area contributed by atoms with Crippen molar-refractivity contribution < 1.29 is 0 Å². The van der Waals surface area contributed by atoms with E-state index >= 15 is 0 Å². The summed E-state index contributed by atoms with van der Waals surface area (Å²) in [6, 6.07) is 1.46. The largest absolute Gasteiger partial charge is 0.301 e. The Morgan fingerprint density at radius 1 is 0.538 bits per heavy atom. The van der Waals surface area contributed by atoms with Crippen LogP contribution in [0.15, 0.2) is 0 Å². The van der Waals surface area contributed by atoms with Gasteiger partial charge in [-0.05, 0) is 91.4 Å². The molecule has 3 heterocycles. The van der Waals surface area contributed by atoms with Crippen molar-refractivity contribution in [3.8, 4) is 0 Å². The van der Waals surface area contributed by atoms with E-state index in [-0.39, 0.29) is 0 Å². The fraction of sp³-hybridized carbons (Fsp3) is 1.00. The van der Waals surface area contributed by atoms with Crippen LogP contribution in [0.4, 0.5) is 0 Å². The van der Waals surface area contributed by atoms with E-state index in [9.17, 15) is 0 Å². The number of piperazine rings is 1. The highest BCUT2D eigenvalue weighted by Gasteiger charge is 2.27. The smallest absolute Gasteiger partial charge is 0.0110 e. The quantitative estimate of drug-likeness (QED) is 0.718. The Bertz CT molecular complexity index is 349. The van der Waals surface area contributed by atoms with Crippen LogP contribution in [0, 0.1) is 11.8 Å². The summed E-state index contributed by atoms with van der Waals surface area (Å²) in [6.45, 7) is 22.5. The van der Waals surface area contributed by atoms with Crippen LogP contribution in [-0.4, -0.2) is 97.1 Å². The molecule has 0 radical (unpaired) electrons. The molecule has 26 heavy (non-hydrogen) atoms. The molecule has 3 aliphatic heterocycles. The van der Waals surface area contributed by atoms with Gasteiger partial charge >= 0.3 is 0 Å². The molecule has 3 aliphatic rings. The molecule has 4 nitrogen and oxygen atoms in total. The average molecular weight is 365 g/mol. The van der Waals surface area contributed by atoms with Crippen LogP contribution in [-0.2, 0) is 0 Å². The summed E-state index contributed by atoms with van der Waals surface area (Å²) in [5.41, 5.74) is 0. The van der Waals surface area contributed by atoms with Crippen LogP contribution in [0.5, 0.6) is 0 Å². The van der Waals surface area contributed by atoms with Crippen molar-refractivity contribution in [2.75, 3.05) is 65.4 Å². The first-order valence-corrected chi connectivity index (χ1v) is 11.4. The Hall–Kier alpha value is -0.160. The molecular weight excluding hydrogens is 320 g/mol. The number of hydrogen-bond acceptors (Lipinski definition) is 4. The third-order valence-corrected chi connectivity index (χ3v) is 7.26. The molecule has 3 rings (SSSR count). The van der Waals surface area contributed by atoms with Crippen molar-refractivity contribution in [2.45, 2.75) is 65.5 Å². The number of piperidine rings is 2. The van der Waals surface area contributed by atoms with Crippen molar-refractivity contribution in [3.63, 3.8) is 0 Å². The predicted molar refractivity (Wildman–Crippen MR) is 112 cm³/mol. The molecule has 4 heteroatoms. The minimum absolute atomic E-state index is 0.729. The van der Waals surface area contributed by atoms with E-state index in [1.165, 1.54) is 91.1 Å². The summed E-state index contributed by atoms with van der Waals surface area (Å²) < 4.78 is 0. The van der Waals surface area contributed by atoms with E-state index < -0.39 is 0 Å². The minimum Gasteiger partial charge on any atom is -0.301 e. The number of rotatable bonds is 6. The van der Waals surface area contributed by atoms with Crippen molar-refractivity contribution >= 4 is 0 Å². The van der Waals surface area contributed by atoms with Gasteiger partial charge in [0.2, 0.25) is 0 Å². The molecule has 0 unspecified atom stereocenters. The van der Waals surface area contributed by atoms with Gasteiger partial charge in [0.05, 0.1) is 0 Å². The lowest BCUT2D eigenvalue weighted by Gasteiger charge is -2.41. The second-order valence-electron chi connectivity index (χ2n) is 9.75. The summed E-state index contributed by atoms with van der Waals surface area (Å²) in [7, 11) is 0. The first-order valence-electron chi connectivity index (χ1n) is 11.4. The van der Waals surface area contributed by atoms with Gasteiger partial charge < -0.3 is 19.6 Å². The summed E-state index contributed by atoms with van der Waals surface area (Å²) >= 11 is 0. The molecule has 0 saturated carbocycles. The Balaban J connectivity index is 1.30. The van der Waals surface area contributed by atoms with Gasteiger partial charge in [0.15, 0.2) is 0 Å². The third kappa shape index (κ3) is 5.92. The highest BCUT2D eigenvalue weighted by molar-refractivity contribution is 4.82. The highest BCUT2D eigenvalue weighted by atomic mass is 15.3. The molecular formula is C22H44N4. The number of hydrogen-bond donors (Lipinski definition) is 0. The Kier molecular flexibility index (Phi) is 7.80. The van der Waals surface area contributed by atoms with Crippen molar-refractivity contribution in [1.82, 2.24) is 19.6 Å². The Morgan fingerprint density at radius 3 is 1.12 bits per heavy atom. The lowest BCUT2D eigenvalue weighted by atomic mass is 9.94. The van der Waals surface area contributed by atoms with Crippen molar-refractivity contribution in [2.24, 2.45) is 11.8 Å². The van der Waals surface area contributed by atoms with Gasteiger partial charge in [-0.3, -0.25) is 0 Å². The second kappa shape index (κ2) is 9.86. The zero-order valence-electron chi connectivity index (χ0n) is 18.0. The number of nitrogens with zero attached hydrogens (tertiary/aromatic N) is 4. The predicted octanol–water partition coefficient (Wildman–Crippen LogP) is 2.84. The molecule has 0 N–H and O–H groups in total. The van der Waals surface area contributed by atoms with Gasteiger partial charge in [-0.15, -0.1) is 0 Å². The molecule has 0 atom stereocenters. The first-order chi connectivity index (χ1) is 12.5. The lowest BCUT2D eigenvalue weighted by molar-refractivity contribution is 0.0686. The Labute approximate surface area is 162 Å². The molecule has 0 spiro atoms. The fourth-order valence-electron chi connectivity index (χ4n) is 5.19. The van der Waals surface area contributed by atoms with Gasteiger partial charge in [-0.25, -0.2) is 0 Å². The van der Waals surface area contributed by atoms with Gasteiger partial charge in [0, 0.05) is 51.4 Å². The lowest BCUT2D eigenvalue weighted by Crippen LogP contribution is -2.51. The molecule has 0 aromatic carbocycles. The van der Waals surface area contributed by atoms with Gasteiger partial charge in [-0.1, -0.05) is 0 Å². The van der Waals surface area contributed by atoms with E-state index in [2.05, 4.69) is 47.3 Å². The maximum absolute atomic E-state index is 2.76. The Morgan fingerprint density at radius 2 is 0.846 bits per heavy atom. The van der Waals surface area contributed by atoms with Gasteiger partial charge in [-0.2, -0.15) is 0 Å². The SMILES string of the molecule is CC(C)N1CCC(CN2CCN(CC3CCN(C(C)C)CC3)CC2)CC1. The van der Waals surface area contributed by atoms with Crippen LogP contribution >= 0.6 is 0 Å². The average Bonchev–Trinajstić information content (AvgIpc) is 2.64. The maximum atomic E-state index is 2.76. The molecule has 0 aromatic heterocycles. The zero-order chi connectivity index (χ0) is 18.5. The van der Waals surface area contributed by atoms with Crippen molar-refractivity contribution in [3.05, 3.63) is 0 Å². The van der Waals surface area contributed by atoms with Crippen molar-refractivity contribution in [1.29, 1.82) is 0 Å². The maximum Gasteiger partial charge on any atom is 0.0110 e. The van der Waals surface area contributed by atoms with Crippen LogP contribution < -0.4 is 0 Å². The number of likely N-dealkylation sites (tertiary alicyclic amines) is 2. The van der Waals surface area contributed by atoms with Gasteiger partial charge in [0.25, 0.3) is 0 Å². The molecule has 0 aliphatic carbocycles. The first kappa shape index (κ1) is 20.6. The van der Waals surface area contributed by atoms with Crippen LogP contribution in [0.1, 0.15) is 53.4 Å². The monoisotopic (exact) mass is 364 g/mol. The van der Waals surface area contributed by atoms with E-state index in [1.807, 2.05) is 0 Å². The molecule has 0 amide bonds. The van der Waals surface area contributed by atoms with E-state index in [4.69, 9.17) is 0 Å². The highest BCUT2D eigenvalue weighted by Crippen LogP contribution is 2.22. The van der Waals surface area contributed by atoms with Crippen LogP contribution in [0.2, 0.25) is 0 Å². The summed E-state index contributed by atoms with van der Waals surface area (Å²) in [5, 5.41) is 0. The fourth-order valence-corrected chi connectivity index (χ4v) is 5.19. The standard InChI is InChI=1S/C22H44N4/c1-19(2)25-9-5-21(6-10-25)17-23-13-15-24(16-14-23)18-22-7-11-26(12-8-22)20(3)4/h19-22H,5-18H2,1-4H3. The normalized spacial score (nSPS) is 27.0. The molecule has 0 aromatic rings. The minimum atomic E-state index is 0.729. The zero-order valence-corrected chi connectivity index (χ0v) is 18.0. The van der Waals surface area contributed by atoms with E-state index in [0.717, 1.165) is 23.9 Å². The molecule has 152 valence electrons. The van der Waals surface area contributed by atoms with Crippen LogP contribution in [0.3, 0.4) is 0 Å². The van der Waals surface area contributed by atoms with E-state index in [0.29, 0.717) is 0 Å². The third-order valence-electron chi connectivity index (χ3n) is 7.26.